The molecule has 24 heavy (non-hydrogen) atoms. The molecule has 0 N–H and O–H groups in total. The van der Waals surface area contributed by atoms with E-state index in [0.29, 0.717) is 28.3 Å². The predicted molar refractivity (Wildman–Crippen MR) is 92.5 cm³/mol. The average Bonchev–Trinajstić information content (AvgIpc) is 3.33. The van der Waals surface area contributed by atoms with Gasteiger partial charge in [0.15, 0.2) is 6.10 Å². The minimum Gasteiger partial charge on any atom is -0.479 e. The van der Waals surface area contributed by atoms with Crippen molar-refractivity contribution >= 4 is 35.1 Å². The van der Waals surface area contributed by atoms with E-state index in [1.54, 1.807) is 32.0 Å². The highest BCUT2D eigenvalue weighted by Crippen LogP contribution is 2.31. The number of nitrogens with zero attached hydrogens (tertiary/aromatic N) is 1. The number of carbonyl (C=O) groups excluding carboxylic acids is 2. The first-order valence-electron chi connectivity index (χ1n) is 7.96. The second-order valence-electron chi connectivity index (χ2n) is 5.80. The van der Waals surface area contributed by atoms with Gasteiger partial charge in [-0.3, -0.25) is 9.59 Å². The Bertz CT molecular complexity index is 604. The molecule has 0 saturated heterocycles. The highest BCUT2D eigenvalue weighted by atomic mass is 35.5. The summed E-state index contributed by atoms with van der Waals surface area (Å²) in [5.74, 6) is 0.156. The van der Waals surface area contributed by atoms with Crippen LogP contribution in [0.15, 0.2) is 18.2 Å². The Balaban J connectivity index is 2.01. The first kappa shape index (κ1) is 18.9. The zero-order valence-corrected chi connectivity index (χ0v) is 15.3. The van der Waals surface area contributed by atoms with Crippen LogP contribution in [0.2, 0.25) is 10.0 Å². The Morgan fingerprint density at radius 1 is 1.33 bits per heavy atom. The van der Waals surface area contributed by atoms with Crippen molar-refractivity contribution < 1.29 is 19.1 Å². The van der Waals surface area contributed by atoms with Crippen LogP contribution in [0.1, 0.15) is 26.7 Å². The molecule has 1 saturated carbocycles. The largest absolute Gasteiger partial charge is 0.479 e. The van der Waals surface area contributed by atoms with Crippen molar-refractivity contribution in [3.8, 4) is 5.75 Å². The van der Waals surface area contributed by atoms with Crippen molar-refractivity contribution in [1.82, 2.24) is 4.90 Å². The molecule has 1 fully saturated rings. The summed E-state index contributed by atoms with van der Waals surface area (Å²) in [6.07, 6.45) is 1.38. The molecule has 0 heterocycles. The third-order valence-corrected chi connectivity index (χ3v) is 4.19. The summed E-state index contributed by atoms with van der Waals surface area (Å²) in [6, 6.07) is 4.81. The zero-order valence-electron chi connectivity index (χ0n) is 13.8. The molecule has 0 aromatic heterocycles. The van der Waals surface area contributed by atoms with Crippen LogP contribution in [-0.2, 0) is 14.3 Å². The van der Waals surface area contributed by atoms with Crippen molar-refractivity contribution in [2.75, 3.05) is 19.7 Å². The molecule has 1 aromatic rings. The van der Waals surface area contributed by atoms with Crippen LogP contribution in [0.3, 0.4) is 0 Å². The van der Waals surface area contributed by atoms with Gasteiger partial charge in [0.25, 0.3) is 5.91 Å². The Morgan fingerprint density at radius 3 is 2.62 bits per heavy atom. The van der Waals surface area contributed by atoms with E-state index >= 15 is 0 Å². The van der Waals surface area contributed by atoms with Gasteiger partial charge in [-0.2, -0.15) is 0 Å². The minimum absolute atomic E-state index is 0.0643. The lowest BCUT2D eigenvalue weighted by molar-refractivity contribution is -0.151. The zero-order chi connectivity index (χ0) is 17.7. The minimum atomic E-state index is -0.767. The van der Waals surface area contributed by atoms with Gasteiger partial charge >= 0.3 is 5.97 Å². The second kappa shape index (κ2) is 8.58. The number of hydrogen-bond donors (Lipinski definition) is 0. The summed E-state index contributed by atoms with van der Waals surface area (Å²) < 4.78 is 10.6. The van der Waals surface area contributed by atoms with E-state index in [9.17, 15) is 9.59 Å². The fourth-order valence-electron chi connectivity index (χ4n) is 2.28. The van der Waals surface area contributed by atoms with Crippen LogP contribution >= 0.6 is 23.2 Å². The Kier molecular flexibility index (Phi) is 6.75. The molecule has 1 atom stereocenters. The lowest BCUT2D eigenvalue weighted by atomic mass is 10.2. The maximum atomic E-state index is 12.7. The SMILES string of the molecule is CCOC(=O)CN(CC1CC1)C(=O)C(C)Oc1ccc(Cl)cc1Cl. The lowest BCUT2D eigenvalue weighted by Crippen LogP contribution is -2.44. The molecule has 1 amide bonds. The molecule has 0 radical (unpaired) electrons. The molecule has 0 bridgehead atoms. The summed E-state index contributed by atoms with van der Waals surface area (Å²) in [5, 5.41) is 0.824. The van der Waals surface area contributed by atoms with Crippen LogP contribution in [0.5, 0.6) is 5.75 Å². The fraction of sp³-hybridized carbons (Fsp3) is 0.529. The monoisotopic (exact) mass is 373 g/mol. The second-order valence-corrected chi connectivity index (χ2v) is 6.65. The number of ether oxygens (including phenoxy) is 2. The summed E-state index contributed by atoms with van der Waals surface area (Å²) in [4.78, 5) is 25.9. The smallest absolute Gasteiger partial charge is 0.325 e. The molecule has 5 nitrogen and oxygen atoms in total. The van der Waals surface area contributed by atoms with Gasteiger partial charge in [0.05, 0.1) is 11.6 Å². The molecule has 2 rings (SSSR count). The van der Waals surface area contributed by atoms with Crippen molar-refractivity contribution in [3.05, 3.63) is 28.2 Å². The van der Waals surface area contributed by atoms with Crippen LogP contribution in [0, 0.1) is 5.92 Å². The highest BCUT2D eigenvalue weighted by molar-refractivity contribution is 6.35. The number of halogens is 2. The van der Waals surface area contributed by atoms with E-state index in [2.05, 4.69) is 0 Å². The summed E-state index contributed by atoms with van der Waals surface area (Å²) in [5.41, 5.74) is 0. The van der Waals surface area contributed by atoms with E-state index in [1.807, 2.05) is 0 Å². The van der Waals surface area contributed by atoms with Gasteiger partial charge in [-0.1, -0.05) is 23.2 Å². The van der Waals surface area contributed by atoms with Crippen LogP contribution in [-0.4, -0.2) is 42.6 Å². The third kappa shape index (κ3) is 5.56. The van der Waals surface area contributed by atoms with Gasteiger partial charge in [-0.15, -0.1) is 0 Å². The molecule has 1 unspecified atom stereocenters. The average molecular weight is 374 g/mol. The maximum absolute atomic E-state index is 12.7. The van der Waals surface area contributed by atoms with E-state index in [-0.39, 0.29) is 19.1 Å². The van der Waals surface area contributed by atoms with Crippen LogP contribution < -0.4 is 4.74 Å². The molecule has 1 aliphatic carbocycles. The predicted octanol–water partition coefficient (Wildman–Crippen LogP) is 3.56. The summed E-state index contributed by atoms with van der Waals surface area (Å²) in [6.45, 7) is 4.14. The number of rotatable bonds is 8. The topological polar surface area (TPSA) is 55.8 Å². The number of carbonyl (C=O) groups is 2. The first-order valence-corrected chi connectivity index (χ1v) is 8.72. The molecule has 132 valence electrons. The van der Waals surface area contributed by atoms with Crippen LogP contribution in [0.25, 0.3) is 0 Å². The molecular weight excluding hydrogens is 353 g/mol. The number of benzene rings is 1. The Morgan fingerprint density at radius 2 is 2.04 bits per heavy atom. The maximum Gasteiger partial charge on any atom is 0.325 e. The standard InChI is InChI=1S/C17H21Cl2NO4/c1-3-23-16(21)10-20(9-12-4-5-12)17(22)11(2)24-15-7-6-13(18)8-14(15)19/h6-8,11-12H,3-5,9-10H2,1-2H3. The van der Waals surface area contributed by atoms with Crippen molar-refractivity contribution in [1.29, 1.82) is 0 Å². The van der Waals surface area contributed by atoms with Gasteiger partial charge in [0.2, 0.25) is 0 Å². The number of amides is 1. The number of hydrogen-bond acceptors (Lipinski definition) is 4. The molecular formula is C17H21Cl2NO4. The normalized spacial score (nSPS) is 14.8. The number of esters is 1. The van der Waals surface area contributed by atoms with E-state index in [0.717, 1.165) is 12.8 Å². The lowest BCUT2D eigenvalue weighted by Gasteiger charge is -2.25. The Hall–Kier alpha value is -1.46. The van der Waals surface area contributed by atoms with Gasteiger partial charge in [-0.05, 0) is 50.8 Å². The fourth-order valence-corrected chi connectivity index (χ4v) is 2.73. The molecule has 0 spiro atoms. The third-order valence-electron chi connectivity index (χ3n) is 3.66. The highest BCUT2D eigenvalue weighted by Gasteiger charge is 2.31. The van der Waals surface area contributed by atoms with E-state index < -0.39 is 12.1 Å². The van der Waals surface area contributed by atoms with Crippen molar-refractivity contribution in [2.45, 2.75) is 32.8 Å². The van der Waals surface area contributed by atoms with E-state index in [1.165, 1.54) is 4.90 Å². The van der Waals surface area contributed by atoms with Crippen LogP contribution in [0.4, 0.5) is 0 Å². The molecule has 1 aliphatic rings. The van der Waals surface area contributed by atoms with Gasteiger partial charge in [0.1, 0.15) is 12.3 Å². The molecule has 1 aromatic carbocycles. The molecule has 7 heteroatoms. The summed E-state index contributed by atoms with van der Waals surface area (Å²) in [7, 11) is 0. The first-order chi connectivity index (χ1) is 11.4. The Labute approximate surface area is 151 Å². The quantitative estimate of drug-likeness (QED) is 0.653. The molecule has 0 aliphatic heterocycles. The van der Waals surface area contributed by atoms with Crippen molar-refractivity contribution in [3.63, 3.8) is 0 Å². The van der Waals surface area contributed by atoms with Gasteiger partial charge < -0.3 is 14.4 Å². The van der Waals surface area contributed by atoms with Gasteiger partial charge in [0, 0.05) is 11.6 Å². The van der Waals surface area contributed by atoms with Gasteiger partial charge in [-0.25, -0.2) is 0 Å². The van der Waals surface area contributed by atoms with E-state index in [4.69, 9.17) is 32.7 Å². The van der Waals surface area contributed by atoms with Crippen molar-refractivity contribution in [2.24, 2.45) is 5.92 Å². The summed E-state index contributed by atoms with van der Waals surface area (Å²) >= 11 is 11.9.